The number of benzene rings is 2. The highest BCUT2D eigenvalue weighted by Gasteiger charge is 2.10. The highest BCUT2D eigenvalue weighted by Crippen LogP contribution is 2.24. The molecule has 4 aromatic rings. The van der Waals surface area contributed by atoms with Gasteiger partial charge in [0.05, 0.1) is 10.6 Å². The third-order valence-corrected chi connectivity index (χ3v) is 5.28. The smallest absolute Gasteiger partial charge is 0.271 e. The average Bonchev–Trinajstić information content (AvgIpc) is 3.16. The number of fused-ring (bicyclic) bond motifs is 1. The second-order valence-corrected chi connectivity index (χ2v) is 7.32. The van der Waals surface area contributed by atoms with E-state index in [4.69, 9.17) is 0 Å². The lowest BCUT2D eigenvalue weighted by Gasteiger charge is -2.06. The van der Waals surface area contributed by atoms with E-state index in [1.165, 1.54) is 18.2 Å². The first-order valence-corrected chi connectivity index (χ1v) is 9.78. The molecule has 0 saturated carbocycles. The molecule has 8 heteroatoms. The van der Waals surface area contributed by atoms with Crippen molar-refractivity contribution in [2.75, 3.05) is 5.32 Å². The molecule has 144 valence electrons. The molecule has 1 amide bonds. The van der Waals surface area contributed by atoms with E-state index in [0.717, 1.165) is 22.0 Å². The number of amides is 1. The molecule has 2 heterocycles. The maximum Gasteiger partial charge on any atom is 0.271 e. The van der Waals surface area contributed by atoms with Crippen LogP contribution >= 0.6 is 11.8 Å². The maximum absolute atomic E-state index is 12.4. The number of hydrogen-bond acceptors (Lipinski definition) is 5. The van der Waals surface area contributed by atoms with Gasteiger partial charge in [-0.25, -0.2) is 4.98 Å². The Morgan fingerprint density at radius 2 is 1.93 bits per heavy atom. The summed E-state index contributed by atoms with van der Waals surface area (Å²) in [4.78, 5) is 28.3. The van der Waals surface area contributed by atoms with Crippen LogP contribution in [0.15, 0.2) is 84.0 Å². The van der Waals surface area contributed by atoms with Crippen molar-refractivity contribution >= 4 is 34.7 Å². The summed E-state index contributed by atoms with van der Waals surface area (Å²) in [6.45, 7) is 0. The van der Waals surface area contributed by atoms with E-state index in [-0.39, 0.29) is 11.6 Å². The van der Waals surface area contributed by atoms with Gasteiger partial charge in [-0.05, 0) is 42.5 Å². The van der Waals surface area contributed by atoms with Gasteiger partial charge in [0.2, 0.25) is 0 Å². The lowest BCUT2D eigenvalue weighted by molar-refractivity contribution is -0.384. The van der Waals surface area contributed by atoms with Gasteiger partial charge in [-0.2, -0.15) is 0 Å². The van der Waals surface area contributed by atoms with Crippen molar-refractivity contribution in [1.29, 1.82) is 0 Å². The van der Waals surface area contributed by atoms with Crippen molar-refractivity contribution in [2.45, 2.75) is 10.6 Å². The Labute approximate surface area is 170 Å². The summed E-state index contributed by atoms with van der Waals surface area (Å²) >= 11 is 1.64. The molecule has 0 fully saturated rings. The highest BCUT2D eigenvalue weighted by atomic mass is 32.2. The number of imidazole rings is 1. The van der Waals surface area contributed by atoms with Crippen molar-refractivity contribution < 1.29 is 9.72 Å². The first kappa shape index (κ1) is 18.7. The maximum atomic E-state index is 12.4. The molecule has 4 rings (SSSR count). The zero-order chi connectivity index (χ0) is 20.2. The van der Waals surface area contributed by atoms with Crippen LogP contribution < -0.4 is 5.32 Å². The molecule has 7 nitrogen and oxygen atoms in total. The van der Waals surface area contributed by atoms with E-state index in [1.54, 1.807) is 30.0 Å². The van der Waals surface area contributed by atoms with Crippen molar-refractivity contribution in [1.82, 2.24) is 9.38 Å². The fourth-order valence-electron chi connectivity index (χ4n) is 2.82. The van der Waals surface area contributed by atoms with E-state index in [1.807, 2.05) is 47.1 Å². The summed E-state index contributed by atoms with van der Waals surface area (Å²) in [5, 5.41) is 13.5. The van der Waals surface area contributed by atoms with E-state index < -0.39 is 4.92 Å². The Bertz CT molecular complexity index is 1150. The average molecular weight is 404 g/mol. The molecule has 0 radical (unpaired) electrons. The van der Waals surface area contributed by atoms with Crippen molar-refractivity contribution in [3.8, 4) is 0 Å². The summed E-state index contributed by atoms with van der Waals surface area (Å²) in [5.41, 5.74) is 2.69. The predicted molar refractivity (Wildman–Crippen MR) is 112 cm³/mol. The number of hydrogen-bond donors (Lipinski definition) is 1. The molecule has 0 saturated heterocycles. The minimum Gasteiger partial charge on any atom is -0.322 e. The molecule has 0 unspecified atom stereocenters. The summed E-state index contributed by atoms with van der Waals surface area (Å²) in [6, 6.07) is 19.0. The molecule has 1 N–H and O–H groups in total. The predicted octanol–water partition coefficient (Wildman–Crippen LogP) is 4.79. The number of nitrogens with zero attached hydrogens (tertiary/aromatic N) is 3. The van der Waals surface area contributed by atoms with Gasteiger partial charge < -0.3 is 9.72 Å². The van der Waals surface area contributed by atoms with Crippen LogP contribution in [0.4, 0.5) is 11.4 Å². The molecular formula is C21H16N4O3S. The van der Waals surface area contributed by atoms with Crippen LogP contribution in [0.2, 0.25) is 0 Å². The van der Waals surface area contributed by atoms with Crippen LogP contribution in [0, 0.1) is 10.1 Å². The lowest BCUT2D eigenvalue weighted by Crippen LogP contribution is -2.11. The fraction of sp³-hybridized carbons (Fsp3) is 0.0476. The van der Waals surface area contributed by atoms with Crippen LogP contribution in [-0.2, 0) is 5.75 Å². The molecule has 29 heavy (non-hydrogen) atoms. The van der Waals surface area contributed by atoms with E-state index in [9.17, 15) is 14.9 Å². The number of carbonyl (C=O) groups excluding carboxylic acids is 1. The molecule has 0 atom stereocenters. The van der Waals surface area contributed by atoms with Gasteiger partial charge in [-0.1, -0.05) is 12.1 Å². The first-order valence-electron chi connectivity index (χ1n) is 8.80. The first-order chi connectivity index (χ1) is 14.1. The number of rotatable bonds is 6. The Morgan fingerprint density at radius 3 is 2.69 bits per heavy atom. The topological polar surface area (TPSA) is 89.5 Å². The van der Waals surface area contributed by atoms with E-state index >= 15 is 0 Å². The highest BCUT2D eigenvalue weighted by molar-refractivity contribution is 7.98. The number of thioether (sulfide) groups is 1. The number of pyridine rings is 1. The molecule has 2 aromatic carbocycles. The van der Waals surface area contributed by atoms with Gasteiger partial charge in [0.1, 0.15) is 5.65 Å². The largest absolute Gasteiger partial charge is 0.322 e. The molecule has 2 aromatic heterocycles. The van der Waals surface area contributed by atoms with Crippen molar-refractivity contribution in [3.05, 3.63) is 100 Å². The standard InChI is InChI=1S/C21H16N4O3S/c26-21(23-16-4-3-5-18(12-16)25(27)28)15-7-9-19(10-8-15)29-14-17-13-24-11-2-1-6-20(24)22-17/h1-13H,14H2,(H,23,26). The van der Waals surface area contributed by atoms with Gasteiger partial charge in [-0.3, -0.25) is 14.9 Å². The van der Waals surface area contributed by atoms with Crippen LogP contribution in [0.3, 0.4) is 0 Å². The monoisotopic (exact) mass is 404 g/mol. The van der Waals surface area contributed by atoms with E-state index in [0.29, 0.717) is 11.3 Å². The number of carbonyl (C=O) groups is 1. The number of non-ortho nitro benzene ring substituents is 1. The minimum absolute atomic E-state index is 0.0681. The molecular weight excluding hydrogens is 388 g/mol. The number of nitrogens with one attached hydrogen (secondary N) is 1. The van der Waals surface area contributed by atoms with Gasteiger partial charge in [-0.15, -0.1) is 11.8 Å². The number of aromatic nitrogens is 2. The van der Waals surface area contributed by atoms with Crippen LogP contribution in [0.1, 0.15) is 16.1 Å². The third-order valence-electron chi connectivity index (χ3n) is 4.23. The normalized spacial score (nSPS) is 10.8. The molecule has 0 aliphatic rings. The summed E-state index contributed by atoms with van der Waals surface area (Å²) in [5.74, 6) is 0.406. The van der Waals surface area contributed by atoms with Crippen molar-refractivity contribution in [3.63, 3.8) is 0 Å². The summed E-state index contributed by atoms with van der Waals surface area (Å²) in [6.07, 6.45) is 3.97. The zero-order valence-corrected chi connectivity index (χ0v) is 16.0. The zero-order valence-electron chi connectivity index (χ0n) is 15.2. The van der Waals surface area contributed by atoms with Gasteiger partial charge in [0.15, 0.2) is 0 Å². The number of nitro benzene ring substituents is 1. The van der Waals surface area contributed by atoms with Crippen LogP contribution in [-0.4, -0.2) is 20.2 Å². The second kappa shape index (κ2) is 8.15. The Kier molecular flexibility index (Phi) is 5.26. The lowest BCUT2D eigenvalue weighted by atomic mass is 10.2. The summed E-state index contributed by atoms with van der Waals surface area (Å²) < 4.78 is 1.98. The third kappa shape index (κ3) is 4.44. The minimum atomic E-state index is -0.495. The van der Waals surface area contributed by atoms with Gasteiger partial charge in [0.25, 0.3) is 11.6 Å². The SMILES string of the molecule is O=C(Nc1cccc([N+](=O)[O-])c1)c1ccc(SCc2cn3ccccc3n2)cc1. The van der Waals surface area contributed by atoms with E-state index in [2.05, 4.69) is 10.3 Å². The van der Waals surface area contributed by atoms with Crippen LogP contribution in [0.5, 0.6) is 0 Å². The fourth-order valence-corrected chi connectivity index (χ4v) is 3.60. The Morgan fingerprint density at radius 1 is 1.10 bits per heavy atom. The molecule has 0 aliphatic carbocycles. The Hall–Kier alpha value is -3.65. The molecule has 0 aliphatic heterocycles. The Balaban J connectivity index is 1.38. The molecule has 0 bridgehead atoms. The van der Waals surface area contributed by atoms with Crippen LogP contribution in [0.25, 0.3) is 5.65 Å². The number of nitro groups is 1. The quantitative estimate of drug-likeness (QED) is 0.284. The second-order valence-electron chi connectivity index (χ2n) is 6.27. The van der Waals surface area contributed by atoms with Gasteiger partial charge in [0, 0.05) is 46.4 Å². The number of anilines is 1. The van der Waals surface area contributed by atoms with Gasteiger partial charge >= 0.3 is 0 Å². The van der Waals surface area contributed by atoms with Crippen molar-refractivity contribution in [2.24, 2.45) is 0 Å². The summed E-state index contributed by atoms with van der Waals surface area (Å²) in [7, 11) is 0. The molecule has 0 spiro atoms.